The van der Waals surface area contributed by atoms with Crippen LogP contribution in [0.15, 0.2) is 52.6 Å². The van der Waals surface area contributed by atoms with Gasteiger partial charge in [0.1, 0.15) is 5.69 Å². The van der Waals surface area contributed by atoms with Gasteiger partial charge in [-0.05, 0) is 40.2 Å². The first-order chi connectivity index (χ1) is 9.74. The van der Waals surface area contributed by atoms with Crippen LogP contribution < -0.4 is 5.32 Å². The van der Waals surface area contributed by atoms with Gasteiger partial charge in [0, 0.05) is 33.7 Å². The van der Waals surface area contributed by atoms with Crippen LogP contribution in [0.3, 0.4) is 0 Å². The second-order valence-corrected chi connectivity index (χ2v) is 6.49. The molecular formula is C14H11BrClN3S. The van der Waals surface area contributed by atoms with E-state index in [9.17, 15) is 0 Å². The van der Waals surface area contributed by atoms with Crippen LogP contribution in [0.4, 0.5) is 5.69 Å². The Hall–Kier alpha value is -1.30. The number of thiophene rings is 1. The van der Waals surface area contributed by atoms with Crippen molar-refractivity contribution in [2.24, 2.45) is 0 Å². The Morgan fingerprint density at radius 2 is 2.25 bits per heavy atom. The van der Waals surface area contributed by atoms with Crippen molar-refractivity contribution < 1.29 is 0 Å². The van der Waals surface area contributed by atoms with E-state index in [1.165, 1.54) is 4.88 Å². The first-order valence-corrected chi connectivity index (χ1v) is 8.04. The number of hydrogen-bond acceptors (Lipinski definition) is 3. The smallest absolute Gasteiger partial charge is 0.106 e. The molecule has 0 aliphatic carbocycles. The minimum Gasteiger partial charge on any atom is -0.378 e. The molecule has 0 fully saturated rings. The number of benzene rings is 1. The molecule has 0 aliphatic rings. The SMILES string of the molecule is Clc1cccc(NCc2cc(Br)cs2)c1-n1cccn1. The molecule has 0 atom stereocenters. The largest absolute Gasteiger partial charge is 0.378 e. The molecule has 0 unspecified atom stereocenters. The highest BCUT2D eigenvalue weighted by Gasteiger charge is 2.09. The monoisotopic (exact) mass is 367 g/mol. The van der Waals surface area contributed by atoms with E-state index in [1.54, 1.807) is 22.2 Å². The van der Waals surface area contributed by atoms with Gasteiger partial charge in [-0.3, -0.25) is 0 Å². The lowest BCUT2D eigenvalue weighted by molar-refractivity contribution is 0.880. The van der Waals surface area contributed by atoms with Gasteiger partial charge in [-0.2, -0.15) is 5.10 Å². The quantitative estimate of drug-likeness (QED) is 0.705. The average Bonchev–Trinajstić information content (AvgIpc) is 3.08. The van der Waals surface area contributed by atoms with E-state index >= 15 is 0 Å². The predicted octanol–water partition coefficient (Wildman–Crippen LogP) is 4.96. The Morgan fingerprint density at radius 1 is 1.35 bits per heavy atom. The van der Waals surface area contributed by atoms with Crippen LogP contribution in [0.5, 0.6) is 0 Å². The van der Waals surface area contributed by atoms with Gasteiger partial charge in [0.05, 0.1) is 10.7 Å². The van der Waals surface area contributed by atoms with E-state index < -0.39 is 0 Å². The fraction of sp³-hybridized carbons (Fsp3) is 0.0714. The van der Waals surface area contributed by atoms with E-state index in [0.717, 1.165) is 22.4 Å². The lowest BCUT2D eigenvalue weighted by Crippen LogP contribution is -2.04. The van der Waals surface area contributed by atoms with Crippen LogP contribution in [0.25, 0.3) is 5.69 Å². The van der Waals surface area contributed by atoms with Crippen molar-refractivity contribution >= 4 is 44.6 Å². The van der Waals surface area contributed by atoms with E-state index in [1.807, 2.05) is 30.5 Å². The lowest BCUT2D eigenvalue weighted by Gasteiger charge is -2.13. The zero-order chi connectivity index (χ0) is 13.9. The molecule has 3 rings (SSSR count). The molecule has 2 aromatic heterocycles. The third kappa shape index (κ3) is 2.90. The number of rotatable bonds is 4. The lowest BCUT2D eigenvalue weighted by atomic mass is 10.2. The summed E-state index contributed by atoms with van der Waals surface area (Å²) in [4.78, 5) is 1.25. The molecular weight excluding hydrogens is 358 g/mol. The minimum atomic E-state index is 0.672. The van der Waals surface area contributed by atoms with Gasteiger partial charge in [-0.15, -0.1) is 11.3 Å². The number of para-hydroxylation sites is 1. The van der Waals surface area contributed by atoms with Gasteiger partial charge < -0.3 is 5.32 Å². The maximum atomic E-state index is 6.30. The standard InChI is InChI=1S/C14H11BrClN3S/c15-10-7-11(20-9-10)8-17-13-4-1-3-12(16)14(13)19-6-2-5-18-19/h1-7,9,17H,8H2. The summed E-state index contributed by atoms with van der Waals surface area (Å²) < 4.78 is 2.88. The molecule has 0 amide bonds. The molecule has 0 saturated carbocycles. The molecule has 3 nitrogen and oxygen atoms in total. The Balaban J connectivity index is 1.88. The Kier molecular flexibility index (Phi) is 4.10. The number of nitrogens with zero attached hydrogens (tertiary/aromatic N) is 2. The van der Waals surface area contributed by atoms with Crippen molar-refractivity contribution in [3.05, 3.63) is 62.5 Å². The molecule has 0 saturated heterocycles. The van der Waals surface area contributed by atoms with Gasteiger partial charge in [-0.1, -0.05) is 17.7 Å². The Morgan fingerprint density at radius 3 is 2.95 bits per heavy atom. The molecule has 1 aromatic carbocycles. The van der Waals surface area contributed by atoms with Crippen molar-refractivity contribution in [3.8, 4) is 5.69 Å². The maximum Gasteiger partial charge on any atom is 0.106 e. The molecule has 0 bridgehead atoms. The van der Waals surface area contributed by atoms with Crippen molar-refractivity contribution in [2.45, 2.75) is 6.54 Å². The van der Waals surface area contributed by atoms with Gasteiger partial charge >= 0.3 is 0 Å². The van der Waals surface area contributed by atoms with Crippen LogP contribution in [-0.4, -0.2) is 9.78 Å². The number of hydrogen-bond donors (Lipinski definition) is 1. The number of nitrogens with one attached hydrogen (secondary N) is 1. The maximum absolute atomic E-state index is 6.30. The summed E-state index contributed by atoms with van der Waals surface area (Å²) in [6.45, 7) is 0.755. The summed E-state index contributed by atoms with van der Waals surface area (Å²) in [6.07, 6.45) is 3.62. The molecule has 20 heavy (non-hydrogen) atoms. The highest BCUT2D eigenvalue weighted by atomic mass is 79.9. The fourth-order valence-electron chi connectivity index (χ4n) is 1.92. The summed E-state index contributed by atoms with van der Waals surface area (Å²) in [5, 5.41) is 10.4. The highest BCUT2D eigenvalue weighted by molar-refractivity contribution is 9.10. The van der Waals surface area contributed by atoms with Crippen LogP contribution in [0.2, 0.25) is 5.02 Å². The summed E-state index contributed by atoms with van der Waals surface area (Å²) in [7, 11) is 0. The molecule has 2 heterocycles. The zero-order valence-corrected chi connectivity index (χ0v) is 13.5. The first-order valence-electron chi connectivity index (χ1n) is 5.99. The summed E-state index contributed by atoms with van der Waals surface area (Å²) in [5.41, 5.74) is 1.83. The number of anilines is 1. The van der Waals surface area contributed by atoms with E-state index in [-0.39, 0.29) is 0 Å². The fourth-order valence-corrected chi connectivity index (χ4v) is 3.57. The molecule has 102 valence electrons. The van der Waals surface area contributed by atoms with Crippen LogP contribution in [0.1, 0.15) is 4.88 Å². The highest BCUT2D eigenvalue weighted by Crippen LogP contribution is 2.29. The molecule has 1 N–H and O–H groups in total. The minimum absolute atomic E-state index is 0.672. The second kappa shape index (κ2) is 5.99. The van der Waals surface area contributed by atoms with Gasteiger partial charge in [0.25, 0.3) is 0 Å². The predicted molar refractivity (Wildman–Crippen MR) is 87.9 cm³/mol. The molecule has 0 aliphatic heterocycles. The molecule has 3 aromatic rings. The molecule has 6 heteroatoms. The van der Waals surface area contributed by atoms with E-state index in [4.69, 9.17) is 11.6 Å². The van der Waals surface area contributed by atoms with Gasteiger partial charge in [0.2, 0.25) is 0 Å². The topological polar surface area (TPSA) is 29.9 Å². The van der Waals surface area contributed by atoms with E-state index in [2.05, 4.69) is 37.8 Å². The van der Waals surface area contributed by atoms with Gasteiger partial charge in [0.15, 0.2) is 0 Å². The summed E-state index contributed by atoms with van der Waals surface area (Å²) in [5.74, 6) is 0. The number of aromatic nitrogens is 2. The molecule has 0 spiro atoms. The van der Waals surface area contributed by atoms with Crippen LogP contribution in [0, 0.1) is 0 Å². The Labute approximate surface area is 134 Å². The summed E-state index contributed by atoms with van der Waals surface area (Å²) >= 11 is 11.5. The van der Waals surface area contributed by atoms with Gasteiger partial charge in [-0.25, -0.2) is 4.68 Å². The number of halogens is 2. The van der Waals surface area contributed by atoms with Crippen LogP contribution >= 0.6 is 38.9 Å². The van der Waals surface area contributed by atoms with Crippen molar-refractivity contribution in [1.82, 2.24) is 9.78 Å². The van der Waals surface area contributed by atoms with Crippen LogP contribution in [-0.2, 0) is 6.54 Å². The first kappa shape index (κ1) is 13.7. The third-order valence-corrected chi connectivity index (χ3v) is 4.80. The normalized spacial score (nSPS) is 10.7. The summed E-state index contributed by atoms with van der Waals surface area (Å²) in [6, 6.07) is 9.79. The van der Waals surface area contributed by atoms with E-state index in [0.29, 0.717) is 5.02 Å². The third-order valence-electron chi connectivity index (χ3n) is 2.80. The van der Waals surface area contributed by atoms with Crippen molar-refractivity contribution in [1.29, 1.82) is 0 Å². The second-order valence-electron chi connectivity index (χ2n) is 4.17. The average molecular weight is 369 g/mol. The zero-order valence-electron chi connectivity index (χ0n) is 10.4. The molecule has 0 radical (unpaired) electrons. The van der Waals surface area contributed by atoms with Crippen molar-refractivity contribution in [2.75, 3.05) is 5.32 Å². The van der Waals surface area contributed by atoms with Crippen molar-refractivity contribution in [3.63, 3.8) is 0 Å². The Bertz CT molecular complexity index is 709.